The molecule has 1 heterocycles. The molecule has 0 unspecified atom stereocenters. The molecular weight excluding hydrogens is 526 g/mol. The molecule has 0 aliphatic carbocycles. The Labute approximate surface area is 211 Å². The van der Waals surface area contributed by atoms with Crippen LogP contribution < -0.4 is 10.1 Å². The van der Waals surface area contributed by atoms with Crippen LogP contribution in [-0.4, -0.2) is 25.1 Å². The van der Waals surface area contributed by atoms with Crippen LogP contribution in [-0.2, 0) is 9.53 Å². The Morgan fingerprint density at radius 3 is 2.42 bits per heavy atom. The fraction of sp³-hybridized carbons (Fsp3) is 0.280. The van der Waals surface area contributed by atoms with E-state index in [4.69, 9.17) is 21.1 Å². The van der Waals surface area contributed by atoms with Crippen molar-refractivity contribution in [1.82, 2.24) is 0 Å². The topological polar surface area (TPSA) is 64.6 Å². The van der Waals surface area contributed by atoms with Gasteiger partial charge in [0, 0.05) is 26.9 Å². The van der Waals surface area contributed by atoms with E-state index in [9.17, 15) is 9.59 Å². The number of aryl methyl sites for hydroxylation is 2. The monoisotopic (exact) mass is 549 g/mol. The van der Waals surface area contributed by atoms with Crippen LogP contribution in [0.2, 0.25) is 5.02 Å². The normalized spacial score (nSPS) is 10.7. The van der Waals surface area contributed by atoms with E-state index in [1.807, 2.05) is 55.6 Å². The van der Waals surface area contributed by atoms with E-state index in [2.05, 4.69) is 21.2 Å². The highest BCUT2D eigenvalue weighted by Gasteiger charge is 2.22. The minimum absolute atomic E-state index is 0.183. The zero-order chi connectivity index (χ0) is 24.0. The highest BCUT2D eigenvalue weighted by Crippen LogP contribution is 2.37. The maximum absolute atomic E-state index is 12.7. The summed E-state index contributed by atoms with van der Waals surface area (Å²) in [5.41, 5.74) is 3.89. The summed E-state index contributed by atoms with van der Waals surface area (Å²) in [5, 5.41) is 5.95. The second-order valence-electron chi connectivity index (χ2n) is 7.45. The molecule has 8 heteroatoms. The van der Waals surface area contributed by atoms with Crippen molar-refractivity contribution in [2.24, 2.45) is 0 Å². The highest BCUT2D eigenvalue weighted by atomic mass is 79.9. The molecule has 33 heavy (non-hydrogen) atoms. The van der Waals surface area contributed by atoms with Crippen LogP contribution in [0, 0.1) is 13.8 Å². The Morgan fingerprint density at radius 2 is 1.79 bits per heavy atom. The van der Waals surface area contributed by atoms with Gasteiger partial charge in [-0.1, -0.05) is 39.7 Å². The maximum atomic E-state index is 12.7. The van der Waals surface area contributed by atoms with Crippen molar-refractivity contribution in [3.05, 3.63) is 68.0 Å². The van der Waals surface area contributed by atoms with Gasteiger partial charge in [-0.2, -0.15) is 0 Å². The highest BCUT2D eigenvalue weighted by molar-refractivity contribution is 9.10. The fourth-order valence-corrected chi connectivity index (χ4v) is 4.65. The first-order chi connectivity index (χ1) is 15.8. The first-order valence-corrected chi connectivity index (χ1v) is 12.6. The summed E-state index contributed by atoms with van der Waals surface area (Å²) < 4.78 is 12.0. The number of halogens is 2. The van der Waals surface area contributed by atoms with E-state index >= 15 is 0 Å². The molecule has 1 aromatic heterocycles. The number of hydrogen-bond acceptors (Lipinski definition) is 5. The summed E-state index contributed by atoms with van der Waals surface area (Å²) in [6.07, 6.45) is 0.797. The molecule has 1 N–H and O–H groups in total. The summed E-state index contributed by atoms with van der Waals surface area (Å²) in [5.74, 6) is 0.0948. The number of esters is 1. The fourth-order valence-electron chi connectivity index (χ4n) is 3.30. The Morgan fingerprint density at radius 1 is 1.12 bits per heavy atom. The van der Waals surface area contributed by atoms with Crippen molar-refractivity contribution in [3.63, 3.8) is 0 Å². The smallest absolute Gasteiger partial charge is 0.341 e. The van der Waals surface area contributed by atoms with Gasteiger partial charge in [-0.3, -0.25) is 4.79 Å². The number of rotatable bonds is 9. The van der Waals surface area contributed by atoms with Crippen molar-refractivity contribution >= 4 is 55.7 Å². The number of carbonyl (C=O) groups excluding carboxylic acids is 2. The maximum Gasteiger partial charge on any atom is 0.341 e. The van der Waals surface area contributed by atoms with Gasteiger partial charge in [-0.05, 0) is 68.1 Å². The molecule has 174 valence electrons. The standard InChI is InChI=1S/C25H25BrClNO4S/c1-4-31-25(30)22-20(17-7-9-18(26)10-8-17)14-33-24(22)28-21(29)6-5-11-32-19-12-15(2)23(27)16(3)13-19/h7-10,12-14H,4-6,11H2,1-3H3,(H,28,29). The predicted molar refractivity (Wildman–Crippen MR) is 138 cm³/mol. The Bertz CT molecular complexity index is 1120. The van der Waals surface area contributed by atoms with Gasteiger partial charge in [0.2, 0.25) is 5.91 Å². The number of benzene rings is 2. The van der Waals surface area contributed by atoms with Gasteiger partial charge in [0.05, 0.1) is 13.2 Å². The first kappa shape index (κ1) is 25.3. The summed E-state index contributed by atoms with van der Waals surface area (Å²) >= 11 is 10.9. The van der Waals surface area contributed by atoms with E-state index in [-0.39, 0.29) is 18.9 Å². The minimum Gasteiger partial charge on any atom is -0.494 e. The molecule has 0 aliphatic heterocycles. The van der Waals surface area contributed by atoms with Crippen molar-refractivity contribution in [3.8, 4) is 16.9 Å². The largest absolute Gasteiger partial charge is 0.494 e. The van der Waals surface area contributed by atoms with Gasteiger partial charge in [0.15, 0.2) is 0 Å². The Kier molecular flexibility index (Phi) is 8.95. The lowest BCUT2D eigenvalue weighted by atomic mass is 10.0. The number of thiophene rings is 1. The third kappa shape index (κ3) is 6.59. The molecule has 3 aromatic rings. The van der Waals surface area contributed by atoms with Crippen LogP contribution in [0.4, 0.5) is 5.00 Å². The van der Waals surface area contributed by atoms with Crippen LogP contribution >= 0.6 is 38.9 Å². The van der Waals surface area contributed by atoms with E-state index in [0.717, 1.165) is 37.5 Å². The van der Waals surface area contributed by atoms with E-state index in [1.165, 1.54) is 11.3 Å². The van der Waals surface area contributed by atoms with E-state index < -0.39 is 5.97 Å². The lowest BCUT2D eigenvalue weighted by molar-refractivity contribution is -0.116. The average molecular weight is 551 g/mol. The SMILES string of the molecule is CCOC(=O)c1c(-c2ccc(Br)cc2)csc1NC(=O)CCCOc1cc(C)c(Cl)c(C)c1. The molecule has 0 fully saturated rings. The second-order valence-corrected chi connectivity index (χ2v) is 9.63. The van der Waals surface area contributed by atoms with E-state index in [0.29, 0.717) is 23.6 Å². The minimum atomic E-state index is -0.455. The molecule has 3 rings (SSSR count). The zero-order valence-electron chi connectivity index (χ0n) is 18.7. The van der Waals surface area contributed by atoms with Crippen LogP contribution in [0.5, 0.6) is 5.75 Å². The average Bonchev–Trinajstić information content (AvgIpc) is 3.19. The molecule has 0 radical (unpaired) electrons. The summed E-state index contributed by atoms with van der Waals surface area (Å²) in [6.45, 7) is 6.27. The van der Waals surface area contributed by atoms with Crippen LogP contribution in [0.15, 0.2) is 46.3 Å². The number of anilines is 1. The first-order valence-electron chi connectivity index (χ1n) is 10.5. The number of nitrogens with one attached hydrogen (secondary N) is 1. The van der Waals surface area contributed by atoms with Gasteiger partial charge < -0.3 is 14.8 Å². The van der Waals surface area contributed by atoms with Crippen molar-refractivity contribution in [1.29, 1.82) is 0 Å². The van der Waals surface area contributed by atoms with Crippen molar-refractivity contribution in [2.45, 2.75) is 33.6 Å². The second kappa shape index (κ2) is 11.7. The molecule has 0 atom stereocenters. The van der Waals surface area contributed by atoms with Crippen molar-refractivity contribution < 1.29 is 19.1 Å². The molecule has 0 aliphatic rings. The lowest BCUT2D eigenvalue weighted by Gasteiger charge is -2.11. The molecule has 1 amide bonds. The van der Waals surface area contributed by atoms with Gasteiger partial charge >= 0.3 is 5.97 Å². The van der Waals surface area contributed by atoms with Crippen molar-refractivity contribution in [2.75, 3.05) is 18.5 Å². The molecule has 0 bridgehead atoms. The Balaban J connectivity index is 1.64. The molecular formula is C25H25BrClNO4S. The van der Waals surface area contributed by atoms with Gasteiger partial charge in [0.1, 0.15) is 16.3 Å². The third-order valence-corrected chi connectivity index (χ3v) is 6.93. The quantitative estimate of drug-likeness (QED) is 0.222. The van der Waals surface area contributed by atoms with Gasteiger partial charge in [-0.25, -0.2) is 4.79 Å². The molecule has 2 aromatic carbocycles. The Hall–Kier alpha value is -2.35. The lowest BCUT2D eigenvalue weighted by Crippen LogP contribution is -2.15. The number of carbonyl (C=O) groups is 2. The summed E-state index contributed by atoms with van der Waals surface area (Å²) in [7, 11) is 0. The van der Waals surface area contributed by atoms with Gasteiger partial charge in [-0.15, -0.1) is 11.3 Å². The zero-order valence-corrected chi connectivity index (χ0v) is 21.8. The van der Waals surface area contributed by atoms with Crippen LogP contribution in [0.1, 0.15) is 41.3 Å². The van der Waals surface area contributed by atoms with Gasteiger partial charge in [0.25, 0.3) is 0 Å². The van der Waals surface area contributed by atoms with Crippen LogP contribution in [0.3, 0.4) is 0 Å². The molecule has 0 saturated carbocycles. The summed E-state index contributed by atoms with van der Waals surface area (Å²) in [6, 6.07) is 11.4. The number of amides is 1. The number of ether oxygens (including phenoxy) is 2. The van der Waals surface area contributed by atoms with E-state index in [1.54, 1.807) is 6.92 Å². The third-order valence-electron chi connectivity index (χ3n) is 4.91. The van der Waals surface area contributed by atoms with Crippen LogP contribution in [0.25, 0.3) is 11.1 Å². The number of hydrogen-bond donors (Lipinski definition) is 1. The predicted octanol–water partition coefficient (Wildman–Crippen LogP) is 7.42. The molecule has 0 saturated heterocycles. The summed E-state index contributed by atoms with van der Waals surface area (Å²) in [4.78, 5) is 25.2. The molecule has 0 spiro atoms. The molecule has 5 nitrogen and oxygen atoms in total.